The van der Waals surface area contributed by atoms with Crippen molar-refractivity contribution in [2.75, 3.05) is 7.05 Å². The summed E-state index contributed by atoms with van der Waals surface area (Å²) in [6.07, 6.45) is -4.45. The van der Waals surface area contributed by atoms with Crippen LogP contribution in [0, 0.1) is 11.3 Å². The molecular formula is C15H13F3N4O2. The lowest BCUT2D eigenvalue weighted by Gasteiger charge is -2.22. The Kier molecular flexibility index (Phi) is 4.87. The summed E-state index contributed by atoms with van der Waals surface area (Å²) in [4.78, 5) is 16.3. The zero-order valence-corrected chi connectivity index (χ0v) is 12.8. The SMILES string of the molecule is CCC(=O)N(C)C(C#N)c1ccc(-c2noc(C(F)(F)F)n2)cc1. The standard InChI is InChI=1S/C15H13F3N4O2/c1-3-12(23)22(2)11(8-19)9-4-6-10(7-5-9)13-20-14(24-21-13)15(16,17)18/h4-7,11H,3H2,1-2H3. The Labute approximate surface area is 135 Å². The van der Waals surface area contributed by atoms with E-state index in [9.17, 15) is 23.2 Å². The molecule has 1 heterocycles. The number of carbonyl (C=O) groups excluding carboxylic acids is 1. The van der Waals surface area contributed by atoms with Crippen molar-refractivity contribution in [1.82, 2.24) is 15.0 Å². The van der Waals surface area contributed by atoms with Crippen molar-refractivity contribution in [1.29, 1.82) is 5.26 Å². The highest BCUT2D eigenvalue weighted by Gasteiger charge is 2.38. The van der Waals surface area contributed by atoms with Crippen LogP contribution in [0.3, 0.4) is 0 Å². The van der Waals surface area contributed by atoms with E-state index in [1.807, 2.05) is 6.07 Å². The molecule has 0 N–H and O–H groups in total. The molecule has 1 unspecified atom stereocenters. The van der Waals surface area contributed by atoms with E-state index in [2.05, 4.69) is 14.7 Å². The molecule has 0 bridgehead atoms. The van der Waals surface area contributed by atoms with E-state index >= 15 is 0 Å². The Bertz CT molecular complexity index is 762. The third-order valence-electron chi connectivity index (χ3n) is 3.36. The average molecular weight is 338 g/mol. The maximum atomic E-state index is 12.5. The maximum absolute atomic E-state index is 12.5. The highest BCUT2D eigenvalue weighted by Crippen LogP contribution is 2.30. The van der Waals surface area contributed by atoms with Gasteiger partial charge in [0.2, 0.25) is 11.7 Å². The van der Waals surface area contributed by atoms with Crippen LogP contribution >= 0.6 is 0 Å². The van der Waals surface area contributed by atoms with E-state index in [4.69, 9.17) is 0 Å². The minimum Gasteiger partial charge on any atom is -0.329 e. The second kappa shape index (κ2) is 6.70. The van der Waals surface area contributed by atoms with Gasteiger partial charge in [0, 0.05) is 19.0 Å². The number of amides is 1. The molecule has 24 heavy (non-hydrogen) atoms. The Morgan fingerprint density at radius 1 is 1.38 bits per heavy atom. The van der Waals surface area contributed by atoms with E-state index < -0.39 is 18.1 Å². The number of nitrogens with zero attached hydrogens (tertiary/aromatic N) is 4. The van der Waals surface area contributed by atoms with Gasteiger partial charge in [-0.3, -0.25) is 4.79 Å². The first kappa shape index (κ1) is 17.5. The Hall–Kier alpha value is -2.89. The summed E-state index contributed by atoms with van der Waals surface area (Å²) in [5.74, 6) is -1.83. The molecule has 0 fully saturated rings. The fourth-order valence-corrected chi connectivity index (χ4v) is 2.05. The van der Waals surface area contributed by atoms with Crippen molar-refractivity contribution >= 4 is 5.91 Å². The molecule has 0 spiro atoms. The number of hydrogen-bond acceptors (Lipinski definition) is 5. The van der Waals surface area contributed by atoms with Gasteiger partial charge in [-0.25, -0.2) is 0 Å². The third-order valence-corrected chi connectivity index (χ3v) is 3.36. The van der Waals surface area contributed by atoms with Gasteiger partial charge in [0.25, 0.3) is 0 Å². The minimum atomic E-state index is -4.71. The van der Waals surface area contributed by atoms with Crippen molar-refractivity contribution in [3.63, 3.8) is 0 Å². The van der Waals surface area contributed by atoms with E-state index in [1.165, 1.54) is 36.2 Å². The number of hydrogen-bond donors (Lipinski definition) is 0. The summed E-state index contributed by atoms with van der Waals surface area (Å²) < 4.78 is 41.6. The summed E-state index contributed by atoms with van der Waals surface area (Å²) in [6.45, 7) is 1.69. The molecule has 0 saturated heterocycles. The summed E-state index contributed by atoms with van der Waals surface area (Å²) in [7, 11) is 1.52. The monoisotopic (exact) mass is 338 g/mol. The lowest BCUT2D eigenvalue weighted by molar-refractivity contribution is -0.159. The predicted octanol–water partition coefficient (Wildman–Crippen LogP) is 3.19. The predicted molar refractivity (Wildman–Crippen MR) is 76.2 cm³/mol. The smallest absolute Gasteiger partial charge is 0.329 e. The van der Waals surface area contributed by atoms with Gasteiger partial charge >= 0.3 is 12.1 Å². The molecule has 0 aliphatic heterocycles. The normalized spacial score (nSPS) is 12.5. The highest BCUT2D eigenvalue weighted by molar-refractivity contribution is 5.76. The van der Waals surface area contributed by atoms with Crippen LogP contribution in [0.2, 0.25) is 0 Å². The lowest BCUT2D eigenvalue weighted by Crippen LogP contribution is -2.29. The summed E-state index contributed by atoms with van der Waals surface area (Å²) in [6, 6.07) is 7.24. The van der Waals surface area contributed by atoms with Crippen LogP contribution in [0.15, 0.2) is 28.8 Å². The van der Waals surface area contributed by atoms with Crippen LogP contribution in [0.5, 0.6) is 0 Å². The van der Waals surface area contributed by atoms with Gasteiger partial charge in [-0.2, -0.15) is 23.4 Å². The number of alkyl halides is 3. The fraction of sp³-hybridized carbons (Fsp3) is 0.333. The van der Waals surface area contributed by atoms with Crippen molar-refractivity contribution in [2.24, 2.45) is 0 Å². The van der Waals surface area contributed by atoms with E-state index in [-0.39, 0.29) is 18.2 Å². The van der Waals surface area contributed by atoms with E-state index in [0.717, 1.165) is 0 Å². The van der Waals surface area contributed by atoms with E-state index in [0.29, 0.717) is 11.1 Å². The quantitative estimate of drug-likeness (QED) is 0.855. The summed E-state index contributed by atoms with van der Waals surface area (Å²) >= 11 is 0. The zero-order valence-electron chi connectivity index (χ0n) is 12.8. The number of nitriles is 1. The van der Waals surface area contributed by atoms with Crippen LogP contribution in [-0.4, -0.2) is 28.0 Å². The van der Waals surface area contributed by atoms with Gasteiger partial charge in [0.05, 0.1) is 6.07 Å². The van der Waals surface area contributed by atoms with Gasteiger partial charge in [0.15, 0.2) is 0 Å². The van der Waals surface area contributed by atoms with Crippen LogP contribution in [0.4, 0.5) is 13.2 Å². The maximum Gasteiger partial charge on any atom is 0.471 e. The van der Waals surface area contributed by atoms with Crippen LogP contribution in [-0.2, 0) is 11.0 Å². The molecular weight excluding hydrogens is 325 g/mol. The van der Waals surface area contributed by atoms with Gasteiger partial charge < -0.3 is 9.42 Å². The van der Waals surface area contributed by atoms with E-state index in [1.54, 1.807) is 6.92 Å². The average Bonchev–Trinajstić information content (AvgIpc) is 3.05. The molecule has 6 nitrogen and oxygen atoms in total. The Balaban J connectivity index is 2.26. The zero-order chi connectivity index (χ0) is 17.9. The second-order valence-corrected chi connectivity index (χ2v) is 4.93. The van der Waals surface area contributed by atoms with Crippen LogP contribution in [0.25, 0.3) is 11.4 Å². The molecule has 1 aromatic carbocycles. The van der Waals surface area contributed by atoms with Gasteiger partial charge in [-0.05, 0) is 5.56 Å². The molecule has 0 aliphatic rings. The summed E-state index contributed by atoms with van der Waals surface area (Å²) in [5.41, 5.74) is 0.837. The van der Waals surface area contributed by atoms with Crippen molar-refractivity contribution in [3.8, 4) is 17.5 Å². The minimum absolute atomic E-state index is 0.196. The van der Waals surface area contributed by atoms with Crippen LogP contribution < -0.4 is 0 Å². The fourth-order valence-electron chi connectivity index (χ4n) is 2.05. The molecule has 2 aromatic rings. The largest absolute Gasteiger partial charge is 0.471 e. The summed E-state index contributed by atoms with van der Waals surface area (Å²) in [5, 5.41) is 12.6. The number of carbonyl (C=O) groups is 1. The molecule has 0 aliphatic carbocycles. The Morgan fingerprint density at radius 3 is 2.46 bits per heavy atom. The van der Waals surface area contributed by atoms with Gasteiger partial charge in [0.1, 0.15) is 6.04 Å². The van der Waals surface area contributed by atoms with Crippen molar-refractivity contribution in [2.45, 2.75) is 25.6 Å². The lowest BCUT2D eigenvalue weighted by atomic mass is 10.0. The van der Waals surface area contributed by atoms with Gasteiger partial charge in [-0.15, -0.1) is 0 Å². The Morgan fingerprint density at radius 2 is 2.00 bits per heavy atom. The third kappa shape index (κ3) is 3.53. The topological polar surface area (TPSA) is 83.0 Å². The molecule has 1 atom stereocenters. The first-order chi connectivity index (χ1) is 11.3. The molecule has 1 aromatic heterocycles. The van der Waals surface area contributed by atoms with Crippen molar-refractivity contribution in [3.05, 3.63) is 35.7 Å². The first-order valence-electron chi connectivity index (χ1n) is 6.94. The number of aromatic nitrogens is 2. The molecule has 126 valence electrons. The first-order valence-corrected chi connectivity index (χ1v) is 6.94. The highest BCUT2D eigenvalue weighted by atomic mass is 19.4. The van der Waals surface area contributed by atoms with Crippen molar-refractivity contribution < 1.29 is 22.5 Å². The number of rotatable bonds is 4. The molecule has 2 rings (SSSR count). The van der Waals surface area contributed by atoms with Gasteiger partial charge in [-0.1, -0.05) is 36.3 Å². The molecule has 0 saturated carbocycles. The van der Waals surface area contributed by atoms with Crippen LogP contribution in [0.1, 0.15) is 30.8 Å². The number of benzene rings is 1. The molecule has 1 amide bonds. The second-order valence-electron chi connectivity index (χ2n) is 4.93. The molecule has 9 heteroatoms. The number of halogens is 3. The molecule has 0 radical (unpaired) electrons.